The van der Waals surface area contributed by atoms with Crippen LogP contribution in [0.3, 0.4) is 0 Å². The number of hydroxylamine groups is 2. The molecule has 3 aliphatic heterocycles. The Bertz CT molecular complexity index is 3460. The normalized spacial score (nSPS) is 15.4. The predicted octanol–water partition coefficient (Wildman–Crippen LogP) is 5.16. The van der Waals surface area contributed by atoms with Crippen molar-refractivity contribution in [3.63, 3.8) is 0 Å². The molecule has 5 amide bonds. The first kappa shape index (κ1) is 65.2. The number of thiophene rings is 1. The molecule has 5 heterocycles. The first-order valence-corrected chi connectivity index (χ1v) is 29.9. The Morgan fingerprint density at radius 3 is 2.34 bits per heavy atom. The van der Waals surface area contributed by atoms with Gasteiger partial charge in [0.15, 0.2) is 22.9 Å². The molecule has 86 heavy (non-hydrogen) atoms. The third-order valence-electron chi connectivity index (χ3n) is 13.9. The quantitative estimate of drug-likeness (QED) is 0.0115. The van der Waals surface area contributed by atoms with Gasteiger partial charge in [-0.2, -0.15) is 0 Å². The molecule has 462 valence electrons. The highest BCUT2D eigenvalue weighted by atomic mass is 32.2. The van der Waals surface area contributed by atoms with Crippen LogP contribution in [0.5, 0.6) is 17.2 Å². The van der Waals surface area contributed by atoms with Gasteiger partial charge in [-0.05, 0) is 86.7 Å². The number of nitro groups is 1. The molecule has 1 saturated heterocycles. The number of rotatable bonds is 30. The first-order valence-electron chi connectivity index (χ1n) is 27.4. The summed E-state index contributed by atoms with van der Waals surface area (Å²) in [5.74, 6) is -5.00. The molecular weight excluding hydrogens is 1170 g/mol. The summed E-state index contributed by atoms with van der Waals surface area (Å²) < 4.78 is 94.7. The summed E-state index contributed by atoms with van der Waals surface area (Å²) in [6.45, 7) is -0.773. The third kappa shape index (κ3) is 17.2. The summed E-state index contributed by atoms with van der Waals surface area (Å²) in [6.07, 6.45) is 5.95. The van der Waals surface area contributed by atoms with E-state index in [1.807, 2.05) is 36.6 Å². The van der Waals surface area contributed by atoms with Gasteiger partial charge in [-0.25, -0.2) is 18.0 Å². The summed E-state index contributed by atoms with van der Waals surface area (Å²) in [7, 11) is 4.27. The number of ether oxygens (including phenoxy) is 4. The number of alkyl carbamates (subject to hydrolysis) is 1. The highest BCUT2D eigenvalue weighted by Crippen LogP contribution is 2.41. The molecule has 3 aliphatic rings. The van der Waals surface area contributed by atoms with Crippen LogP contribution in [-0.4, -0.2) is 183 Å². The fourth-order valence-electron chi connectivity index (χ4n) is 9.62. The van der Waals surface area contributed by atoms with Gasteiger partial charge in [0.25, 0.3) is 17.5 Å². The van der Waals surface area contributed by atoms with E-state index in [4.69, 9.17) is 18.9 Å². The van der Waals surface area contributed by atoms with Crippen LogP contribution >= 0.6 is 11.3 Å². The Morgan fingerprint density at radius 2 is 1.69 bits per heavy atom. The average Bonchev–Trinajstić information content (AvgIpc) is 1.59. The predicted molar refractivity (Wildman–Crippen MR) is 312 cm³/mol. The van der Waals surface area contributed by atoms with Crippen LogP contribution in [0.15, 0.2) is 77.3 Å². The van der Waals surface area contributed by atoms with E-state index in [1.54, 1.807) is 54.4 Å². The van der Waals surface area contributed by atoms with Crippen molar-refractivity contribution in [3.05, 3.63) is 120 Å². The summed E-state index contributed by atoms with van der Waals surface area (Å²) in [4.78, 5) is 92.4. The van der Waals surface area contributed by atoms with E-state index in [1.165, 1.54) is 35.9 Å². The fraction of sp³-hybridized carbons (Fsp3) is 0.411. The van der Waals surface area contributed by atoms with E-state index < -0.39 is 87.8 Å². The Hall–Kier alpha value is -8.32. The number of aromatic nitrogens is 1. The molecule has 2 aromatic carbocycles. The Kier molecular flexibility index (Phi) is 21.4. The smallest absolute Gasteiger partial charge is 0.737 e. The van der Waals surface area contributed by atoms with Gasteiger partial charge in [0.2, 0.25) is 11.8 Å². The van der Waals surface area contributed by atoms with Crippen LogP contribution in [0.4, 0.5) is 19.1 Å². The van der Waals surface area contributed by atoms with Crippen LogP contribution in [0, 0.1) is 17.0 Å². The van der Waals surface area contributed by atoms with Crippen molar-refractivity contribution < 1.29 is 88.0 Å². The molecule has 2 atom stereocenters. The molecule has 0 aliphatic carbocycles. The summed E-state index contributed by atoms with van der Waals surface area (Å²) in [5.41, 5.74) is 3.54. The lowest BCUT2D eigenvalue weighted by Crippen LogP contribution is -2.51. The second-order valence-electron chi connectivity index (χ2n) is 21.6. The number of imide groups is 1. The number of aryl methyl sites for hydroxylation is 1. The van der Waals surface area contributed by atoms with E-state index in [0.717, 1.165) is 44.0 Å². The first-order chi connectivity index (χ1) is 40.6. The number of amides is 5. The number of nitrogens with one attached hydrogen (secondary N) is 3. The average molecular weight is 1240 g/mol. The van der Waals surface area contributed by atoms with Crippen LogP contribution in [0.1, 0.15) is 84.5 Å². The van der Waals surface area contributed by atoms with Crippen LogP contribution in [0.2, 0.25) is 0 Å². The second-order valence-corrected chi connectivity index (χ2v) is 23.9. The maximum absolute atomic E-state index is 17.0. The molecule has 4 aromatic rings. The van der Waals surface area contributed by atoms with Gasteiger partial charge in [0, 0.05) is 74.4 Å². The molecule has 2 unspecified atom stereocenters. The van der Waals surface area contributed by atoms with Crippen LogP contribution in [-0.2, 0) is 43.7 Å². The zero-order chi connectivity index (χ0) is 62.7. The molecule has 30 heteroatoms. The number of likely N-dealkylation sites (N-methyl/N-ethyl adjacent to an activating group) is 1. The number of nitrogens with zero attached hydrogens (tertiary/aromatic N) is 6. The minimum absolute atomic E-state index is 0.0297. The lowest BCUT2D eigenvalue weighted by Gasteiger charge is -2.31. The number of allylic oxidation sites excluding steroid dienone is 2. The van der Waals surface area contributed by atoms with E-state index in [-0.39, 0.29) is 75.6 Å². The zero-order valence-electron chi connectivity index (χ0n) is 48.5. The number of carbonyl (C=O) groups is 6. The fourth-order valence-corrected chi connectivity index (χ4v) is 11.0. The molecule has 0 spiro atoms. The second kappa shape index (κ2) is 28.3. The summed E-state index contributed by atoms with van der Waals surface area (Å²) in [6, 6.07) is 12.9. The molecular formula is C56H68BF2N9O16S2. The van der Waals surface area contributed by atoms with Gasteiger partial charge in [-0.3, -0.25) is 29.3 Å². The molecule has 7 rings (SSSR count). The minimum Gasteiger partial charge on any atom is -0.748 e. The largest absolute Gasteiger partial charge is 0.748 e. The number of halogens is 2. The van der Waals surface area contributed by atoms with Crippen molar-refractivity contribution >= 4 is 93.7 Å². The molecule has 0 saturated carbocycles. The molecule has 3 N–H and O–H groups in total. The number of hydrogen-bond acceptors (Lipinski definition) is 18. The molecule has 0 bridgehead atoms. The highest BCUT2D eigenvalue weighted by Gasteiger charge is 2.54. The minimum atomic E-state index is -4.98. The number of benzene rings is 2. The maximum Gasteiger partial charge on any atom is 0.737 e. The topological polar surface area (TPSA) is 299 Å². The van der Waals surface area contributed by atoms with Crippen molar-refractivity contribution in [2.75, 3.05) is 87.0 Å². The SMILES string of the molecule is COc1cc(C(C)OC(=O)NCC(=O)ON2C(=O)CCC2=O)c([N+](=O)[O-])cc1OCCN(C)CCNC(=O)C(CS(=O)(=O)[O-])NC(=O)CCCOc1ccc(/C=C/c2cc(C)c3n2[B-](F)(F)[N+]2=C(c4cccs4)C=C(CCC[N+](C)(C)C)C2=C3)cc1. The monoisotopic (exact) mass is 1240 g/mol. The Balaban J connectivity index is 0.846. The van der Waals surface area contributed by atoms with Crippen LogP contribution in [0.25, 0.3) is 18.2 Å². The highest BCUT2D eigenvalue weighted by molar-refractivity contribution is 7.85. The van der Waals surface area contributed by atoms with Gasteiger partial charge < -0.3 is 71.3 Å². The van der Waals surface area contributed by atoms with E-state index >= 15 is 8.63 Å². The van der Waals surface area contributed by atoms with E-state index in [0.29, 0.717) is 45.6 Å². The van der Waals surface area contributed by atoms with Gasteiger partial charge in [-0.1, -0.05) is 24.3 Å². The number of methoxy groups -OCH3 is 1. The van der Waals surface area contributed by atoms with E-state index in [9.17, 15) is 51.9 Å². The number of fused-ring (bicyclic) bond motifs is 2. The number of carbonyl (C=O) groups excluding carboxylic acids is 6. The zero-order valence-corrected chi connectivity index (χ0v) is 50.1. The van der Waals surface area contributed by atoms with Crippen molar-refractivity contribution in [1.29, 1.82) is 0 Å². The van der Waals surface area contributed by atoms with E-state index in [2.05, 4.69) is 41.9 Å². The molecule has 0 radical (unpaired) electrons. The lowest BCUT2D eigenvalue weighted by atomic mass is 9.88. The maximum atomic E-state index is 17.0. The summed E-state index contributed by atoms with van der Waals surface area (Å²) in [5, 5.41) is 21.2. The van der Waals surface area contributed by atoms with Crippen molar-refractivity contribution in [1.82, 2.24) is 30.4 Å². The Morgan fingerprint density at radius 1 is 0.965 bits per heavy atom. The Labute approximate surface area is 499 Å². The third-order valence-corrected chi connectivity index (χ3v) is 15.5. The lowest BCUT2D eigenvalue weighted by molar-refractivity contribution is -0.870. The molecule has 2 aromatic heterocycles. The molecule has 25 nitrogen and oxygen atoms in total. The standard InChI is InChI=1S/C56H68BF2N9O16S2/c1-36-29-40(64-44(36)32-45-39(11-8-25-68(4,5)6)30-47(50-12-10-28-85-50)65(45)57(64,58)59)17-14-38-15-18-41(19-16-38)81-26-9-13-51(69)62-43(35-86(77,78)79)55(73)60-22-23-63(3)24-27-82-49-33-46(67(75)76)42(31-48(49)80-7)37(2)83-56(74)61-34-54(72)84-66-52(70)20-21-53(66)71/h10,12,14-19,28-33,37,43H,8-9,11,13,20-27,34-35H2,1-7H3,(H3-,60,61,62,69,73,74,77,78,79)/b17-14+. The van der Waals surface area contributed by atoms with Crippen molar-refractivity contribution in [2.24, 2.45) is 0 Å². The van der Waals surface area contributed by atoms with Gasteiger partial charge >= 0.3 is 19.0 Å². The number of nitro benzene ring substituents is 1. The van der Waals surface area contributed by atoms with Gasteiger partial charge in [0.05, 0.1) is 78.7 Å². The van der Waals surface area contributed by atoms with Crippen LogP contribution < -0.4 is 30.2 Å². The molecule has 1 fully saturated rings. The van der Waals surface area contributed by atoms with Crippen molar-refractivity contribution in [3.8, 4) is 17.2 Å². The van der Waals surface area contributed by atoms with Crippen molar-refractivity contribution in [2.45, 2.75) is 64.5 Å². The summed E-state index contributed by atoms with van der Waals surface area (Å²) >= 11 is 1.42. The number of quaternary nitrogens is 1. The number of hydrogen-bond donors (Lipinski definition) is 3. The van der Waals surface area contributed by atoms with Gasteiger partial charge in [0.1, 0.15) is 31.0 Å². The van der Waals surface area contributed by atoms with Gasteiger partial charge in [-0.15, -0.1) is 16.4 Å².